The third-order valence-electron chi connectivity index (χ3n) is 5.82. The summed E-state index contributed by atoms with van der Waals surface area (Å²) in [4.78, 5) is 20.5. The van der Waals surface area contributed by atoms with Crippen molar-refractivity contribution in [3.8, 4) is 5.75 Å². The van der Waals surface area contributed by atoms with Gasteiger partial charge in [0, 0.05) is 18.0 Å². The van der Waals surface area contributed by atoms with Crippen LogP contribution in [0.1, 0.15) is 37.4 Å². The Morgan fingerprint density at radius 2 is 1.87 bits per heavy atom. The second-order valence-electron chi connectivity index (χ2n) is 8.78. The van der Waals surface area contributed by atoms with Gasteiger partial charge in [0.15, 0.2) is 5.82 Å². The summed E-state index contributed by atoms with van der Waals surface area (Å²) in [5.74, 6) is -0.580. The van der Waals surface area contributed by atoms with Crippen LogP contribution in [0.4, 0.5) is 19.3 Å². The van der Waals surface area contributed by atoms with Crippen molar-refractivity contribution in [3.63, 3.8) is 0 Å². The van der Waals surface area contributed by atoms with Gasteiger partial charge in [0.2, 0.25) is 0 Å². The summed E-state index contributed by atoms with van der Waals surface area (Å²) >= 11 is 5.99. The number of fused-ring (bicyclic) bond motifs is 1. The molecule has 2 heterocycles. The number of nitrogens with one attached hydrogen (secondary N) is 2. The van der Waals surface area contributed by atoms with Gasteiger partial charge in [-0.25, -0.2) is 18.6 Å². The fourth-order valence-electron chi connectivity index (χ4n) is 3.83. The van der Waals surface area contributed by atoms with Gasteiger partial charge in [0.1, 0.15) is 34.5 Å². The molecule has 2 aromatic carbocycles. The number of anilines is 1. The van der Waals surface area contributed by atoms with Crippen molar-refractivity contribution in [2.45, 2.75) is 39.0 Å². The number of amides is 1. The molecule has 2 aromatic heterocycles. The number of alkyl carbamates (subject to hydrolysis) is 1. The minimum Gasteiger partial charge on any atom is -0.493 e. The van der Waals surface area contributed by atoms with E-state index >= 15 is 0 Å². The number of carbonyl (C=O) groups is 1. The molecule has 0 saturated carbocycles. The summed E-state index contributed by atoms with van der Waals surface area (Å²) in [5.41, 5.74) is 2.38. The lowest BCUT2D eigenvalue weighted by Crippen LogP contribution is -2.28. The van der Waals surface area contributed by atoms with Crippen LogP contribution < -0.4 is 15.4 Å². The van der Waals surface area contributed by atoms with Crippen LogP contribution in [0.25, 0.3) is 11.0 Å². The Labute approximate surface area is 224 Å². The van der Waals surface area contributed by atoms with E-state index in [0.717, 1.165) is 11.8 Å². The van der Waals surface area contributed by atoms with Crippen molar-refractivity contribution < 1.29 is 23.0 Å². The molecule has 38 heavy (non-hydrogen) atoms. The van der Waals surface area contributed by atoms with Crippen molar-refractivity contribution in [3.05, 3.63) is 94.8 Å². The lowest BCUT2D eigenvalue weighted by atomic mass is 10.1. The predicted molar refractivity (Wildman–Crippen MR) is 142 cm³/mol. The van der Waals surface area contributed by atoms with Gasteiger partial charge in [0.05, 0.1) is 24.4 Å². The summed E-state index contributed by atoms with van der Waals surface area (Å²) in [6.45, 7) is 3.95. The molecule has 4 rings (SSSR count). The number of aromatic nitrogens is 2. The standard InChI is InChI=1S/C28H27ClF2N4O3/c1-17(33-26-22(31)15-32-23-9-11-25(29)35-27(23)26)12-13-37-24-10-8-20(30)14-21(24)18(2)34-28(36)38-16-19-6-4-3-5-7-19/h3-11,14-15,17-18H,12-13,16H2,1-2H3,(H,32,33)(H,34,36)/t17-,18-/m1/s1. The average molecular weight is 541 g/mol. The molecule has 0 fully saturated rings. The van der Waals surface area contributed by atoms with Crippen LogP contribution >= 0.6 is 11.6 Å². The maximum Gasteiger partial charge on any atom is 0.407 e. The Kier molecular flexibility index (Phi) is 8.91. The molecule has 0 saturated heterocycles. The quantitative estimate of drug-likeness (QED) is 0.215. The monoisotopic (exact) mass is 540 g/mol. The van der Waals surface area contributed by atoms with E-state index in [-0.39, 0.29) is 30.1 Å². The molecule has 0 aliphatic heterocycles. The normalized spacial score (nSPS) is 12.6. The minimum absolute atomic E-state index is 0.117. The summed E-state index contributed by atoms with van der Waals surface area (Å²) < 4.78 is 39.7. The van der Waals surface area contributed by atoms with Crippen molar-refractivity contribution in [1.29, 1.82) is 0 Å². The van der Waals surface area contributed by atoms with Crippen LogP contribution in [0.3, 0.4) is 0 Å². The molecule has 0 spiro atoms. The van der Waals surface area contributed by atoms with E-state index in [4.69, 9.17) is 21.1 Å². The molecular formula is C28H27ClF2N4O3. The SMILES string of the molecule is C[C@H](CCOc1ccc(F)cc1[C@@H](C)NC(=O)OCc1ccccc1)Nc1c(F)cnc2ccc(Cl)nc12. The smallest absolute Gasteiger partial charge is 0.407 e. The highest BCUT2D eigenvalue weighted by Crippen LogP contribution is 2.28. The third-order valence-corrected chi connectivity index (χ3v) is 6.03. The Morgan fingerprint density at radius 3 is 2.66 bits per heavy atom. The van der Waals surface area contributed by atoms with E-state index in [1.165, 1.54) is 18.2 Å². The third kappa shape index (κ3) is 7.07. The minimum atomic E-state index is -0.630. The van der Waals surface area contributed by atoms with E-state index < -0.39 is 23.8 Å². The molecule has 0 radical (unpaired) electrons. The molecule has 0 aliphatic rings. The Balaban J connectivity index is 1.35. The summed E-state index contributed by atoms with van der Waals surface area (Å²) in [7, 11) is 0. The van der Waals surface area contributed by atoms with Crippen molar-refractivity contribution in [2.75, 3.05) is 11.9 Å². The van der Waals surface area contributed by atoms with Gasteiger partial charge in [-0.3, -0.25) is 4.98 Å². The number of nitrogens with zero attached hydrogens (tertiary/aromatic N) is 2. The van der Waals surface area contributed by atoms with Crippen LogP contribution in [0.5, 0.6) is 5.75 Å². The van der Waals surface area contributed by atoms with E-state index in [1.807, 2.05) is 37.3 Å². The molecular weight excluding hydrogens is 514 g/mol. The number of pyridine rings is 2. The van der Waals surface area contributed by atoms with Crippen molar-refractivity contribution in [1.82, 2.24) is 15.3 Å². The molecule has 2 N–H and O–H groups in total. The van der Waals surface area contributed by atoms with Crippen LogP contribution in [-0.4, -0.2) is 28.7 Å². The van der Waals surface area contributed by atoms with E-state index in [9.17, 15) is 13.6 Å². The molecule has 0 bridgehead atoms. The molecule has 2 atom stereocenters. The zero-order chi connectivity index (χ0) is 27.1. The largest absolute Gasteiger partial charge is 0.493 e. The fourth-order valence-corrected chi connectivity index (χ4v) is 3.98. The Hall–Kier alpha value is -3.98. The lowest BCUT2D eigenvalue weighted by molar-refractivity contribution is 0.136. The first-order valence-electron chi connectivity index (χ1n) is 12.1. The highest BCUT2D eigenvalue weighted by molar-refractivity contribution is 6.29. The highest BCUT2D eigenvalue weighted by Gasteiger charge is 2.18. The van der Waals surface area contributed by atoms with Gasteiger partial charge in [-0.05, 0) is 49.7 Å². The maximum absolute atomic E-state index is 14.5. The second-order valence-corrected chi connectivity index (χ2v) is 9.16. The zero-order valence-electron chi connectivity index (χ0n) is 20.9. The summed E-state index contributed by atoms with van der Waals surface area (Å²) in [6, 6.07) is 15.9. The van der Waals surface area contributed by atoms with E-state index in [2.05, 4.69) is 20.6 Å². The van der Waals surface area contributed by atoms with E-state index in [1.54, 1.807) is 19.1 Å². The molecule has 7 nitrogen and oxygen atoms in total. The first-order chi connectivity index (χ1) is 18.3. The van der Waals surface area contributed by atoms with Crippen LogP contribution in [-0.2, 0) is 11.3 Å². The van der Waals surface area contributed by atoms with Gasteiger partial charge in [0.25, 0.3) is 0 Å². The molecule has 0 unspecified atom stereocenters. The molecule has 198 valence electrons. The first kappa shape index (κ1) is 27.1. The molecule has 10 heteroatoms. The summed E-state index contributed by atoms with van der Waals surface area (Å²) in [5, 5.41) is 6.06. The van der Waals surface area contributed by atoms with Crippen LogP contribution in [0, 0.1) is 11.6 Å². The maximum atomic E-state index is 14.5. The molecule has 1 amide bonds. The average Bonchev–Trinajstić information content (AvgIpc) is 2.90. The van der Waals surface area contributed by atoms with Crippen LogP contribution in [0.15, 0.2) is 66.9 Å². The van der Waals surface area contributed by atoms with Gasteiger partial charge in [-0.1, -0.05) is 41.9 Å². The number of hydrogen-bond acceptors (Lipinski definition) is 6. The molecule has 4 aromatic rings. The number of benzene rings is 2. The Morgan fingerprint density at radius 1 is 1.08 bits per heavy atom. The zero-order valence-corrected chi connectivity index (χ0v) is 21.6. The topological polar surface area (TPSA) is 85.4 Å². The number of hydrogen-bond donors (Lipinski definition) is 2. The van der Waals surface area contributed by atoms with Gasteiger partial charge in [-0.15, -0.1) is 0 Å². The van der Waals surface area contributed by atoms with Gasteiger partial charge >= 0.3 is 6.09 Å². The van der Waals surface area contributed by atoms with E-state index in [0.29, 0.717) is 28.8 Å². The first-order valence-corrected chi connectivity index (χ1v) is 12.4. The summed E-state index contributed by atoms with van der Waals surface area (Å²) in [6.07, 6.45) is 0.990. The number of ether oxygens (including phenoxy) is 2. The predicted octanol–water partition coefficient (Wildman–Crippen LogP) is 6.82. The van der Waals surface area contributed by atoms with Crippen molar-refractivity contribution in [2.24, 2.45) is 0 Å². The fraction of sp³-hybridized carbons (Fsp3) is 0.250. The number of rotatable bonds is 10. The second kappa shape index (κ2) is 12.5. The Bertz CT molecular complexity index is 1400. The highest BCUT2D eigenvalue weighted by atomic mass is 35.5. The van der Waals surface area contributed by atoms with Gasteiger partial charge < -0.3 is 20.1 Å². The van der Waals surface area contributed by atoms with Gasteiger partial charge in [-0.2, -0.15) is 0 Å². The number of halogens is 3. The van der Waals surface area contributed by atoms with Crippen molar-refractivity contribution >= 4 is 34.4 Å². The molecule has 0 aliphatic carbocycles. The number of carbonyl (C=O) groups excluding carboxylic acids is 1. The van der Waals surface area contributed by atoms with Crippen LogP contribution in [0.2, 0.25) is 5.15 Å². The lowest BCUT2D eigenvalue weighted by Gasteiger charge is -2.20.